The Hall–Kier alpha value is -2.60. The van der Waals surface area contributed by atoms with Crippen molar-refractivity contribution in [3.05, 3.63) is 60.2 Å². The lowest BCUT2D eigenvalue weighted by Crippen LogP contribution is -2.52. The summed E-state index contributed by atoms with van der Waals surface area (Å²) in [5, 5.41) is 15.0. The van der Waals surface area contributed by atoms with Crippen LogP contribution in [0.25, 0.3) is 0 Å². The number of nitrogens with one attached hydrogen (secondary N) is 3. The molecule has 1 aliphatic heterocycles. The summed E-state index contributed by atoms with van der Waals surface area (Å²) in [6.45, 7) is -0.304. The maximum atomic E-state index is 13.7. The van der Waals surface area contributed by atoms with E-state index in [4.69, 9.17) is 4.74 Å². The summed E-state index contributed by atoms with van der Waals surface area (Å²) in [5.74, 6) is -1.25. The van der Waals surface area contributed by atoms with Gasteiger partial charge in [-0.1, -0.05) is 12.1 Å². The zero-order chi connectivity index (χ0) is 23.1. The number of amides is 2. The highest BCUT2D eigenvalue weighted by Crippen LogP contribution is 2.22. The van der Waals surface area contributed by atoms with Crippen LogP contribution in [0.5, 0.6) is 0 Å². The number of halogens is 2. The quantitative estimate of drug-likeness (QED) is 0.474. The van der Waals surface area contributed by atoms with Gasteiger partial charge in [0.25, 0.3) is 0 Å². The van der Waals surface area contributed by atoms with Gasteiger partial charge in [-0.05, 0) is 55.7 Å². The molecule has 32 heavy (non-hydrogen) atoms. The van der Waals surface area contributed by atoms with Crippen LogP contribution in [0, 0.1) is 11.6 Å². The Labute approximate surface area is 185 Å². The molecule has 2 amide bonds. The van der Waals surface area contributed by atoms with E-state index in [1.807, 2.05) is 0 Å². The lowest BCUT2D eigenvalue weighted by atomic mass is 9.97. The molecule has 0 aromatic heterocycles. The number of aliphatic hydroxyl groups is 1. The van der Waals surface area contributed by atoms with Gasteiger partial charge in [-0.3, -0.25) is 0 Å². The van der Waals surface area contributed by atoms with Gasteiger partial charge in [-0.2, -0.15) is 0 Å². The lowest BCUT2D eigenvalue weighted by molar-refractivity contribution is -0.0884. The molecule has 0 spiro atoms. The number of sulfonamides is 1. The van der Waals surface area contributed by atoms with Crippen LogP contribution >= 0.6 is 0 Å². The molecule has 4 N–H and O–H groups in total. The van der Waals surface area contributed by atoms with Crippen molar-refractivity contribution in [3.8, 4) is 0 Å². The van der Waals surface area contributed by atoms with E-state index in [1.165, 1.54) is 42.5 Å². The minimum atomic E-state index is -3.99. The van der Waals surface area contributed by atoms with E-state index in [-0.39, 0.29) is 19.3 Å². The monoisotopic (exact) mass is 469 g/mol. The zero-order valence-corrected chi connectivity index (χ0v) is 17.9. The Balaban J connectivity index is 1.47. The van der Waals surface area contributed by atoms with Crippen molar-refractivity contribution in [2.75, 3.05) is 18.5 Å². The third kappa shape index (κ3) is 6.45. The van der Waals surface area contributed by atoms with Gasteiger partial charge in [0.2, 0.25) is 10.0 Å². The maximum absolute atomic E-state index is 13.7. The van der Waals surface area contributed by atoms with Crippen LogP contribution in [0.2, 0.25) is 0 Å². The summed E-state index contributed by atoms with van der Waals surface area (Å²) < 4.78 is 59.4. The van der Waals surface area contributed by atoms with Gasteiger partial charge in [0.05, 0.1) is 18.8 Å². The first-order chi connectivity index (χ1) is 15.3. The maximum Gasteiger partial charge on any atom is 0.319 e. The Morgan fingerprint density at radius 1 is 1.09 bits per heavy atom. The van der Waals surface area contributed by atoms with Crippen molar-refractivity contribution in [1.82, 2.24) is 10.0 Å². The predicted molar refractivity (Wildman–Crippen MR) is 114 cm³/mol. The van der Waals surface area contributed by atoms with E-state index in [1.54, 1.807) is 0 Å². The highest BCUT2D eigenvalue weighted by Gasteiger charge is 2.32. The van der Waals surface area contributed by atoms with E-state index in [2.05, 4.69) is 15.4 Å². The second-order valence-corrected chi connectivity index (χ2v) is 9.12. The molecule has 3 atom stereocenters. The van der Waals surface area contributed by atoms with Crippen LogP contribution in [-0.4, -0.2) is 51.0 Å². The van der Waals surface area contributed by atoms with E-state index >= 15 is 0 Å². The third-order valence-electron chi connectivity index (χ3n) is 5.10. The molecular weight excluding hydrogens is 444 g/mol. The molecule has 1 fully saturated rings. The van der Waals surface area contributed by atoms with Crippen LogP contribution in [0.15, 0.2) is 53.4 Å². The fraction of sp³-hybridized carbons (Fsp3) is 0.381. The second-order valence-electron chi connectivity index (χ2n) is 7.39. The second kappa shape index (κ2) is 10.8. The number of hydrogen-bond donors (Lipinski definition) is 4. The lowest BCUT2D eigenvalue weighted by Gasteiger charge is -2.36. The highest BCUT2D eigenvalue weighted by atomic mass is 32.2. The fourth-order valence-corrected chi connectivity index (χ4v) is 4.60. The number of carbonyl (C=O) groups excluding carboxylic acids is 1. The Kier molecular flexibility index (Phi) is 8.13. The number of rotatable bonds is 8. The average molecular weight is 470 g/mol. The molecule has 2 aromatic rings. The van der Waals surface area contributed by atoms with Crippen LogP contribution in [0.1, 0.15) is 19.3 Å². The minimum Gasteiger partial charge on any atom is -0.394 e. The molecule has 0 aliphatic carbocycles. The largest absolute Gasteiger partial charge is 0.394 e. The van der Waals surface area contributed by atoms with Crippen molar-refractivity contribution in [2.24, 2.45) is 0 Å². The van der Waals surface area contributed by atoms with Gasteiger partial charge in [-0.15, -0.1) is 0 Å². The Morgan fingerprint density at radius 3 is 2.50 bits per heavy atom. The summed E-state index contributed by atoms with van der Waals surface area (Å²) in [6.07, 6.45) is 0.342. The van der Waals surface area contributed by atoms with Crippen molar-refractivity contribution in [3.63, 3.8) is 0 Å². The molecule has 1 heterocycles. The van der Waals surface area contributed by atoms with E-state index in [9.17, 15) is 27.1 Å². The van der Waals surface area contributed by atoms with E-state index in [0.29, 0.717) is 24.9 Å². The summed E-state index contributed by atoms with van der Waals surface area (Å²) in [6, 6.07) is 9.43. The number of anilines is 1. The summed E-state index contributed by atoms with van der Waals surface area (Å²) in [4.78, 5) is 11.8. The Morgan fingerprint density at radius 2 is 1.81 bits per heavy atom. The van der Waals surface area contributed by atoms with Crippen molar-refractivity contribution in [2.45, 2.75) is 42.4 Å². The number of ether oxygens (including phenoxy) is 1. The topological polar surface area (TPSA) is 117 Å². The molecule has 1 saturated heterocycles. The van der Waals surface area contributed by atoms with Crippen LogP contribution in [0.3, 0.4) is 0 Å². The van der Waals surface area contributed by atoms with Gasteiger partial charge in [-0.25, -0.2) is 26.7 Å². The summed E-state index contributed by atoms with van der Waals surface area (Å²) in [5.41, 5.74) is 0.418. The number of urea groups is 1. The summed E-state index contributed by atoms with van der Waals surface area (Å²) >= 11 is 0. The molecule has 0 bridgehead atoms. The first-order valence-electron chi connectivity index (χ1n) is 10.1. The molecule has 3 rings (SSSR count). The SMILES string of the molecule is O=C(Nc1ccc(F)cc1)N[C@H]1CC[C@H](CCNS(=O)(=O)c2ccccc2F)O[C@@H]1CO. The Bertz CT molecular complexity index is 1020. The molecule has 2 aromatic carbocycles. The number of aliphatic hydroxyl groups excluding tert-OH is 1. The van der Waals surface area contributed by atoms with Gasteiger partial charge in [0.15, 0.2) is 0 Å². The highest BCUT2D eigenvalue weighted by molar-refractivity contribution is 7.89. The van der Waals surface area contributed by atoms with Crippen molar-refractivity contribution >= 4 is 21.7 Å². The molecule has 0 saturated carbocycles. The smallest absolute Gasteiger partial charge is 0.319 e. The molecule has 11 heteroatoms. The van der Waals surface area contributed by atoms with Crippen LogP contribution in [-0.2, 0) is 14.8 Å². The van der Waals surface area contributed by atoms with Gasteiger partial charge < -0.3 is 20.5 Å². The van der Waals surface area contributed by atoms with Crippen molar-refractivity contribution in [1.29, 1.82) is 0 Å². The van der Waals surface area contributed by atoms with Gasteiger partial charge in [0, 0.05) is 12.2 Å². The van der Waals surface area contributed by atoms with E-state index < -0.39 is 44.7 Å². The number of carbonyl (C=O) groups is 1. The number of hydrogen-bond acceptors (Lipinski definition) is 5. The number of benzene rings is 2. The molecule has 174 valence electrons. The molecule has 0 unspecified atom stereocenters. The normalized spacial score (nSPS) is 21.2. The first kappa shape index (κ1) is 24.1. The molecular formula is C21H25F2N3O5S. The predicted octanol–water partition coefficient (Wildman–Crippen LogP) is 2.36. The fourth-order valence-electron chi connectivity index (χ4n) is 3.47. The van der Waals surface area contributed by atoms with Crippen molar-refractivity contribution < 1.29 is 31.8 Å². The molecule has 1 aliphatic rings. The van der Waals surface area contributed by atoms with Crippen LogP contribution < -0.4 is 15.4 Å². The standard InChI is InChI=1S/C21H25F2N3O5S/c22-14-5-7-15(8-6-14)25-21(28)26-18-10-9-16(31-19(18)13-27)11-12-24-32(29,30)20-4-2-1-3-17(20)23/h1-8,16,18-19,24,27H,9-13H2,(H2,25,26,28)/t16-,18+,19-/m1/s1. The molecule has 8 nitrogen and oxygen atoms in total. The summed E-state index contributed by atoms with van der Waals surface area (Å²) in [7, 11) is -3.99. The van der Waals surface area contributed by atoms with E-state index in [0.717, 1.165) is 6.07 Å². The zero-order valence-electron chi connectivity index (χ0n) is 17.1. The van der Waals surface area contributed by atoms with Crippen LogP contribution in [0.4, 0.5) is 19.3 Å². The average Bonchev–Trinajstić information content (AvgIpc) is 2.76. The van der Waals surface area contributed by atoms with Gasteiger partial charge in [0.1, 0.15) is 22.6 Å². The third-order valence-corrected chi connectivity index (χ3v) is 6.59. The van der Waals surface area contributed by atoms with Gasteiger partial charge >= 0.3 is 6.03 Å². The molecule has 0 radical (unpaired) electrons. The first-order valence-corrected chi connectivity index (χ1v) is 11.6. The minimum absolute atomic E-state index is 0.0304.